The SMILES string of the molecule is COc1ccc(-c2c(C(=O)Nc3ccccc3OC)c(C)[nH]c(=S)c2C#N)cc1. The zero-order chi connectivity index (χ0) is 21.0. The third kappa shape index (κ3) is 3.98. The molecule has 146 valence electrons. The van der Waals surface area contributed by atoms with Crippen molar-refractivity contribution in [1.82, 2.24) is 4.98 Å². The number of nitriles is 1. The van der Waals surface area contributed by atoms with Crippen LogP contribution >= 0.6 is 12.2 Å². The molecule has 0 radical (unpaired) electrons. The van der Waals surface area contributed by atoms with E-state index in [1.165, 1.54) is 7.11 Å². The van der Waals surface area contributed by atoms with Crippen LogP contribution < -0.4 is 14.8 Å². The molecular formula is C22H19N3O3S. The maximum atomic E-state index is 13.2. The van der Waals surface area contributed by atoms with Crippen LogP contribution in [0.25, 0.3) is 11.1 Å². The number of hydrogen-bond acceptors (Lipinski definition) is 5. The standard InChI is InChI=1S/C22H19N3O3S/c1-13-19(21(26)25-17-6-4-5-7-18(17)28-3)20(16(12-23)22(29)24-13)14-8-10-15(27-2)11-9-14/h4-11H,1-3H3,(H,24,29)(H,25,26). The molecule has 0 fully saturated rings. The number of anilines is 1. The zero-order valence-electron chi connectivity index (χ0n) is 16.2. The van der Waals surface area contributed by atoms with Crippen molar-refractivity contribution in [3.63, 3.8) is 0 Å². The number of aromatic amines is 1. The average molecular weight is 405 g/mol. The maximum Gasteiger partial charge on any atom is 0.258 e. The number of aromatic nitrogens is 1. The fraction of sp³-hybridized carbons (Fsp3) is 0.136. The van der Waals surface area contributed by atoms with E-state index in [9.17, 15) is 10.1 Å². The Hall–Kier alpha value is -3.63. The van der Waals surface area contributed by atoms with E-state index < -0.39 is 0 Å². The second-order valence-electron chi connectivity index (χ2n) is 6.20. The first-order valence-electron chi connectivity index (χ1n) is 8.76. The third-order valence-corrected chi connectivity index (χ3v) is 4.78. The lowest BCUT2D eigenvalue weighted by atomic mass is 9.94. The molecule has 1 heterocycles. The largest absolute Gasteiger partial charge is 0.497 e. The summed E-state index contributed by atoms with van der Waals surface area (Å²) in [6.45, 7) is 1.75. The van der Waals surface area contributed by atoms with E-state index in [0.717, 1.165) is 0 Å². The number of H-pyrrole nitrogens is 1. The Morgan fingerprint density at radius 1 is 1.10 bits per heavy atom. The van der Waals surface area contributed by atoms with Gasteiger partial charge < -0.3 is 19.8 Å². The number of carbonyl (C=O) groups excluding carboxylic acids is 1. The van der Waals surface area contributed by atoms with Crippen LogP contribution in [-0.2, 0) is 0 Å². The van der Waals surface area contributed by atoms with E-state index in [2.05, 4.69) is 16.4 Å². The van der Waals surface area contributed by atoms with Crippen molar-refractivity contribution in [2.24, 2.45) is 0 Å². The summed E-state index contributed by atoms with van der Waals surface area (Å²) in [7, 11) is 3.11. The third-order valence-electron chi connectivity index (χ3n) is 4.48. The number of benzene rings is 2. The Balaban J connectivity index is 2.18. The molecule has 29 heavy (non-hydrogen) atoms. The van der Waals surface area contributed by atoms with E-state index in [1.54, 1.807) is 56.5 Å². The number of rotatable bonds is 5. The first-order chi connectivity index (χ1) is 14.0. The van der Waals surface area contributed by atoms with Crippen LogP contribution in [0.1, 0.15) is 21.6 Å². The van der Waals surface area contributed by atoms with Crippen LogP contribution in [-0.4, -0.2) is 25.1 Å². The first-order valence-corrected chi connectivity index (χ1v) is 9.16. The number of carbonyl (C=O) groups is 1. The van der Waals surface area contributed by atoms with Crippen molar-refractivity contribution in [1.29, 1.82) is 5.26 Å². The highest BCUT2D eigenvalue weighted by Gasteiger charge is 2.22. The van der Waals surface area contributed by atoms with Gasteiger partial charge in [-0.3, -0.25) is 4.79 Å². The Kier molecular flexibility index (Phi) is 5.96. The molecule has 2 aromatic carbocycles. The fourth-order valence-electron chi connectivity index (χ4n) is 3.09. The smallest absolute Gasteiger partial charge is 0.258 e. The highest BCUT2D eigenvalue weighted by Crippen LogP contribution is 2.32. The summed E-state index contributed by atoms with van der Waals surface area (Å²) in [5, 5.41) is 12.6. The molecule has 0 aliphatic heterocycles. The van der Waals surface area contributed by atoms with Crippen LogP contribution in [0.3, 0.4) is 0 Å². The predicted octanol–water partition coefficient (Wildman–Crippen LogP) is 4.86. The normalized spacial score (nSPS) is 10.1. The van der Waals surface area contributed by atoms with Gasteiger partial charge in [0.15, 0.2) is 0 Å². The van der Waals surface area contributed by atoms with Crippen molar-refractivity contribution in [3.05, 3.63) is 70.0 Å². The van der Waals surface area contributed by atoms with E-state index in [1.807, 2.05) is 6.07 Å². The average Bonchev–Trinajstić information content (AvgIpc) is 2.73. The van der Waals surface area contributed by atoms with Crippen LogP contribution in [0.4, 0.5) is 5.69 Å². The van der Waals surface area contributed by atoms with E-state index in [-0.39, 0.29) is 16.1 Å². The molecule has 2 N–H and O–H groups in total. The van der Waals surface area contributed by atoms with Crippen molar-refractivity contribution in [2.45, 2.75) is 6.92 Å². The fourth-order valence-corrected chi connectivity index (χ4v) is 3.39. The first kappa shape index (κ1) is 20.1. The van der Waals surface area contributed by atoms with Crippen molar-refractivity contribution < 1.29 is 14.3 Å². The molecule has 0 saturated heterocycles. The summed E-state index contributed by atoms with van der Waals surface area (Å²) in [6.07, 6.45) is 0. The lowest BCUT2D eigenvalue weighted by Gasteiger charge is -2.16. The van der Waals surface area contributed by atoms with Gasteiger partial charge in [-0.25, -0.2) is 0 Å². The summed E-state index contributed by atoms with van der Waals surface area (Å²) in [4.78, 5) is 16.2. The summed E-state index contributed by atoms with van der Waals surface area (Å²) < 4.78 is 10.8. The summed E-state index contributed by atoms with van der Waals surface area (Å²) in [5.74, 6) is 0.833. The van der Waals surface area contributed by atoms with Gasteiger partial charge in [-0.15, -0.1) is 0 Å². The van der Waals surface area contributed by atoms with Gasteiger partial charge in [0.2, 0.25) is 0 Å². The highest BCUT2D eigenvalue weighted by molar-refractivity contribution is 7.71. The molecule has 1 aromatic heterocycles. The van der Waals surface area contributed by atoms with Crippen molar-refractivity contribution in [2.75, 3.05) is 19.5 Å². The van der Waals surface area contributed by atoms with Gasteiger partial charge in [0.1, 0.15) is 22.2 Å². The van der Waals surface area contributed by atoms with Crippen LogP contribution in [0.15, 0.2) is 48.5 Å². The molecule has 0 saturated carbocycles. The molecule has 6 nitrogen and oxygen atoms in total. The Morgan fingerprint density at radius 3 is 2.41 bits per heavy atom. The van der Waals surface area contributed by atoms with E-state index in [4.69, 9.17) is 21.7 Å². The number of ether oxygens (including phenoxy) is 2. The molecular weight excluding hydrogens is 386 g/mol. The molecule has 7 heteroatoms. The van der Waals surface area contributed by atoms with E-state index >= 15 is 0 Å². The minimum Gasteiger partial charge on any atom is -0.497 e. The maximum absolute atomic E-state index is 13.2. The monoisotopic (exact) mass is 405 g/mol. The lowest BCUT2D eigenvalue weighted by molar-refractivity contribution is 0.102. The van der Waals surface area contributed by atoms with Crippen LogP contribution in [0, 0.1) is 22.9 Å². The Bertz CT molecular complexity index is 1160. The molecule has 0 aliphatic carbocycles. The van der Waals surface area contributed by atoms with Gasteiger partial charge in [0, 0.05) is 11.3 Å². The number of methoxy groups -OCH3 is 2. The minimum atomic E-state index is -0.374. The number of amides is 1. The number of aryl methyl sites for hydroxylation is 1. The summed E-state index contributed by atoms with van der Waals surface area (Å²) in [5.41, 5.74) is 2.83. The van der Waals surface area contributed by atoms with E-state index in [0.29, 0.717) is 39.6 Å². The second-order valence-corrected chi connectivity index (χ2v) is 6.61. The van der Waals surface area contributed by atoms with Crippen LogP contribution in [0.2, 0.25) is 0 Å². The molecule has 0 spiro atoms. The molecule has 0 unspecified atom stereocenters. The quantitative estimate of drug-likeness (QED) is 0.592. The zero-order valence-corrected chi connectivity index (χ0v) is 17.0. The number of nitrogens with one attached hydrogen (secondary N) is 2. The van der Waals surface area contributed by atoms with Gasteiger partial charge in [-0.1, -0.05) is 36.5 Å². The Labute approximate surface area is 173 Å². The number of pyridine rings is 1. The van der Waals surface area contributed by atoms with Gasteiger partial charge >= 0.3 is 0 Å². The molecule has 3 aromatic rings. The van der Waals surface area contributed by atoms with Gasteiger partial charge in [-0.05, 0) is 36.8 Å². The molecule has 0 aliphatic rings. The van der Waals surface area contributed by atoms with Crippen LogP contribution in [0.5, 0.6) is 11.5 Å². The van der Waals surface area contributed by atoms with Gasteiger partial charge in [0.25, 0.3) is 5.91 Å². The minimum absolute atomic E-state index is 0.237. The molecule has 3 rings (SSSR count). The topological polar surface area (TPSA) is 87.1 Å². The molecule has 1 amide bonds. The molecule has 0 bridgehead atoms. The second kappa shape index (κ2) is 8.59. The summed E-state index contributed by atoms with van der Waals surface area (Å²) >= 11 is 5.34. The Morgan fingerprint density at radius 2 is 1.79 bits per heavy atom. The van der Waals surface area contributed by atoms with Gasteiger partial charge in [-0.2, -0.15) is 5.26 Å². The predicted molar refractivity (Wildman–Crippen MR) is 114 cm³/mol. The lowest BCUT2D eigenvalue weighted by Crippen LogP contribution is -2.17. The number of nitrogens with zero attached hydrogens (tertiary/aromatic N) is 1. The summed E-state index contributed by atoms with van der Waals surface area (Å²) in [6, 6.07) is 16.4. The number of para-hydroxylation sites is 2. The van der Waals surface area contributed by atoms with Gasteiger partial charge in [0.05, 0.1) is 31.0 Å². The van der Waals surface area contributed by atoms with Crippen molar-refractivity contribution in [3.8, 4) is 28.7 Å². The van der Waals surface area contributed by atoms with Crippen molar-refractivity contribution >= 4 is 23.8 Å². The molecule has 0 atom stereocenters. The highest BCUT2D eigenvalue weighted by atomic mass is 32.1. The number of hydrogen-bond donors (Lipinski definition) is 2.